The standard InChI is InChI=1S/C15H25O3P/c1-4-6-8-13-11-10-12(3)14(9-7-5-2)15(13)18-19(16)17/h10-11,16-17H,4-9H2,1-3H3. The molecule has 0 fully saturated rings. The van der Waals surface area contributed by atoms with Gasteiger partial charge in [-0.2, -0.15) is 0 Å². The van der Waals surface area contributed by atoms with Gasteiger partial charge in [0.2, 0.25) is 0 Å². The topological polar surface area (TPSA) is 49.7 Å². The van der Waals surface area contributed by atoms with E-state index in [4.69, 9.17) is 4.52 Å². The van der Waals surface area contributed by atoms with E-state index < -0.39 is 8.60 Å². The predicted molar refractivity (Wildman–Crippen MR) is 80.4 cm³/mol. The van der Waals surface area contributed by atoms with Gasteiger partial charge < -0.3 is 14.3 Å². The van der Waals surface area contributed by atoms with Gasteiger partial charge >= 0.3 is 8.60 Å². The average Bonchev–Trinajstić information content (AvgIpc) is 2.37. The molecule has 0 saturated heterocycles. The van der Waals surface area contributed by atoms with Crippen molar-refractivity contribution in [3.63, 3.8) is 0 Å². The van der Waals surface area contributed by atoms with Crippen LogP contribution in [-0.4, -0.2) is 9.79 Å². The molecule has 0 spiro atoms. The lowest BCUT2D eigenvalue weighted by Crippen LogP contribution is -2.01. The molecular weight excluding hydrogens is 259 g/mol. The highest BCUT2D eigenvalue weighted by molar-refractivity contribution is 7.39. The van der Waals surface area contributed by atoms with Crippen molar-refractivity contribution in [1.29, 1.82) is 0 Å². The molecule has 1 aromatic carbocycles. The predicted octanol–water partition coefficient (Wildman–Crippen LogP) is 4.27. The summed E-state index contributed by atoms with van der Waals surface area (Å²) in [6.45, 7) is 6.36. The third-order valence-electron chi connectivity index (χ3n) is 3.33. The van der Waals surface area contributed by atoms with Gasteiger partial charge in [-0.25, -0.2) is 0 Å². The lowest BCUT2D eigenvalue weighted by Gasteiger charge is -2.18. The van der Waals surface area contributed by atoms with E-state index in [-0.39, 0.29) is 0 Å². The van der Waals surface area contributed by atoms with Crippen molar-refractivity contribution < 1.29 is 14.3 Å². The Bertz CT molecular complexity index is 391. The third-order valence-corrected chi connectivity index (χ3v) is 3.68. The SMILES string of the molecule is CCCCc1ccc(C)c(CCCC)c1OP(O)O. The van der Waals surface area contributed by atoms with Crippen molar-refractivity contribution >= 4 is 8.60 Å². The van der Waals surface area contributed by atoms with Crippen molar-refractivity contribution in [3.05, 3.63) is 28.8 Å². The Morgan fingerprint density at radius 3 is 2.26 bits per heavy atom. The normalized spacial score (nSPS) is 11.1. The van der Waals surface area contributed by atoms with Gasteiger partial charge in [0, 0.05) is 0 Å². The highest BCUT2D eigenvalue weighted by atomic mass is 31.2. The molecule has 0 radical (unpaired) electrons. The Balaban J connectivity index is 3.08. The van der Waals surface area contributed by atoms with Gasteiger partial charge in [0.15, 0.2) is 0 Å². The minimum absolute atomic E-state index is 0.706. The fraction of sp³-hybridized carbons (Fsp3) is 0.600. The Morgan fingerprint density at radius 2 is 1.68 bits per heavy atom. The molecular formula is C15H25O3P. The summed E-state index contributed by atoms with van der Waals surface area (Å²) >= 11 is 0. The molecule has 0 aromatic heterocycles. The van der Waals surface area contributed by atoms with Gasteiger partial charge in [-0.15, -0.1) is 0 Å². The van der Waals surface area contributed by atoms with Crippen LogP contribution in [0.3, 0.4) is 0 Å². The number of aryl methyl sites for hydroxylation is 2. The van der Waals surface area contributed by atoms with Crippen LogP contribution in [0.25, 0.3) is 0 Å². The highest BCUT2D eigenvalue weighted by Crippen LogP contribution is 2.37. The molecule has 1 rings (SSSR count). The first-order valence-electron chi connectivity index (χ1n) is 7.07. The van der Waals surface area contributed by atoms with Crippen LogP contribution in [0, 0.1) is 6.92 Å². The van der Waals surface area contributed by atoms with Crippen molar-refractivity contribution in [2.75, 3.05) is 0 Å². The minimum Gasteiger partial charge on any atom is -0.426 e. The molecule has 19 heavy (non-hydrogen) atoms. The molecule has 1 aromatic rings. The lowest BCUT2D eigenvalue weighted by molar-refractivity contribution is 0.371. The zero-order valence-electron chi connectivity index (χ0n) is 12.1. The van der Waals surface area contributed by atoms with E-state index in [0.29, 0.717) is 5.75 Å². The number of unbranched alkanes of at least 4 members (excludes halogenated alkanes) is 2. The molecule has 3 nitrogen and oxygen atoms in total. The van der Waals surface area contributed by atoms with Crippen molar-refractivity contribution in [2.45, 2.75) is 59.3 Å². The Morgan fingerprint density at radius 1 is 1.05 bits per heavy atom. The van der Waals surface area contributed by atoms with Gasteiger partial charge in [-0.05, 0) is 49.3 Å². The second-order valence-electron chi connectivity index (χ2n) is 4.90. The van der Waals surface area contributed by atoms with Gasteiger partial charge in [-0.3, -0.25) is 0 Å². The molecule has 2 N–H and O–H groups in total. The van der Waals surface area contributed by atoms with Gasteiger partial charge in [-0.1, -0.05) is 38.8 Å². The number of hydrogen-bond acceptors (Lipinski definition) is 3. The Kier molecular flexibility index (Phi) is 7.37. The summed E-state index contributed by atoms with van der Waals surface area (Å²) in [6, 6.07) is 4.16. The molecule has 108 valence electrons. The zero-order chi connectivity index (χ0) is 14.3. The maximum Gasteiger partial charge on any atom is 0.391 e. The molecule has 0 atom stereocenters. The van der Waals surface area contributed by atoms with E-state index in [1.807, 2.05) is 0 Å². The largest absolute Gasteiger partial charge is 0.426 e. The Labute approximate surface area is 117 Å². The lowest BCUT2D eigenvalue weighted by atomic mass is 9.96. The first-order chi connectivity index (χ1) is 9.10. The molecule has 0 aliphatic heterocycles. The first kappa shape index (κ1) is 16.4. The fourth-order valence-electron chi connectivity index (χ4n) is 2.20. The molecule has 4 heteroatoms. The maximum absolute atomic E-state index is 9.19. The molecule has 0 aliphatic carbocycles. The summed E-state index contributed by atoms with van der Waals surface area (Å²) in [4.78, 5) is 18.4. The highest BCUT2D eigenvalue weighted by Gasteiger charge is 2.15. The quantitative estimate of drug-likeness (QED) is 0.701. The zero-order valence-corrected chi connectivity index (χ0v) is 13.0. The molecule has 0 unspecified atom stereocenters. The number of benzene rings is 1. The smallest absolute Gasteiger partial charge is 0.391 e. The van der Waals surface area contributed by atoms with E-state index in [1.54, 1.807) is 0 Å². The second-order valence-corrected chi connectivity index (χ2v) is 5.59. The monoisotopic (exact) mass is 284 g/mol. The summed E-state index contributed by atoms with van der Waals surface area (Å²) in [7, 11) is -2.35. The molecule has 0 bridgehead atoms. The summed E-state index contributed by atoms with van der Waals surface area (Å²) in [5, 5.41) is 0. The van der Waals surface area contributed by atoms with E-state index in [1.165, 1.54) is 5.56 Å². The van der Waals surface area contributed by atoms with Crippen LogP contribution in [0.2, 0.25) is 0 Å². The number of rotatable bonds is 8. The van der Waals surface area contributed by atoms with Crippen molar-refractivity contribution in [1.82, 2.24) is 0 Å². The van der Waals surface area contributed by atoms with Crippen LogP contribution in [0.4, 0.5) is 0 Å². The Hall–Kier alpha value is -0.630. The maximum atomic E-state index is 9.19. The molecule has 0 saturated carbocycles. The minimum atomic E-state index is -2.35. The van der Waals surface area contributed by atoms with Gasteiger partial charge in [0.05, 0.1) is 0 Å². The summed E-state index contributed by atoms with van der Waals surface area (Å²) in [5.74, 6) is 0.706. The number of hydrogen-bond donors (Lipinski definition) is 2. The van der Waals surface area contributed by atoms with E-state index in [9.17, 15) is 9.79 Å². The van der Waals surface area contributed by atoms with E-state index >= 15 is 0 Å². The summed E-state index contributed by atoms with van der Waals surface area (Å²) in [6.07, 6.45) is 6.26. The van der Waals surface area contributed by atoms with E-state index in [0.717, 1.165) is 49.7 Å². The van der Waals surface area contributed by atoms with Crippen LogP contribution in [0.1, 0.15) is 56.2 Å². The third kappa shape index (κ3) is 5.10. The molecule has 0 heterocycles. The fourth-order valence-corrected chi connectivity index (χ4v) is 2.59. The molecule has 0 amide bonds. The van der Waals surface area contributed by atoms with Crippen LogP contribution in [-0.2, 0) is 12.8 Å². The average molecular weight is 284 g/mol. The van der Waals surface area contributed by atoms with E-state index in [2.05, 4.69) is 32.9 Å². The van der Waals surface area contributed by atoms with Gasteiger partial charge in [0.25, 0.3) is 0 Å². The van der Waals surface area contributed by atoms with Crippen LogP contribution < -0.4 is 4.52 Å². The molecule has 0 aliphatic rings. The first-order valence-corrected chi connectivity index (χ1v) is 8.23. The second kappa shape index (κ2) is 8.52. The van der Waals surface area contributed by atoms with Crippen molar-refractivity contribution in [3.8, 4) is 5.75 Å². The summed E-state index contributed by atoms with van der Waals surface area (Å²) in [5.41, 5.74) is 3.39. The van der Waals surface area contributed by atoms with Gasteiger partial charge in [0.1, 0.15) is 5.75 Å². The van der Waals surface area contributed by atoms with Crippen molar-refractivity contribution in [2.24, 2.45) is 0 Å². The van der Waals surface area contributed by atoms with Crippen LogP contribution in [0.5, 0.6) is 5.75 Å². The summed E-state index contributed by atoms with van der Waals surface area (Å²) < 4.78 is 5.33. The van der Waals surface area contributed by atoms with Crippen LogP contribution >= 0.6 is 8.60 Å². The van der Waals surface area contributed by atoms with Crippen LogP contribution in [0.15, 0.2) is 12.1 Å².